The molecular weight excluding hydrogens is 268 g/mol. The summed E-state index contributed by atoms with van der Waals surface area (Å²) in [5.74, 6) is 0.801. The molecule has 0 aliphatic carbocycles. The molecule has 1 aliphatic heterocycles. The van der Waals surface area contributed by atoms with E-state index in [0.29, 0.717) is 19.5 Å². The minimum atomic E-state index is -0.122. The van der Waals surface area contributed by atoms with Crippen molar-refractivity contribution in [2.24, 2.45) is 7.05 Å². The molecule has 6 heteroatoms. The molecule has 0 spiro atoms. The largest absolute Gasteiger partial charge is 0.347 e. The maximum absolute atomic E-state index is 12.0. The maximum Gasteiger partial charge on any atom is 0.239 e. The summed E-state index contributed by atoms with van der Waals surface area (Å²) in [6.07, 6.45) is 3.54. The van der Waals surface area contributed by atoms with E-state index in [9.17, 15) is 9.59 Å². The minimum Gasteiger partial charge on any atom is -0.347 e. The van der Waals surface area contributed by atoms with E-state index in [0.717, 1.165) is 36.5 Å². The number of aromatic nitrogens is 2. The zero-order valence-electron chi connectivity index (χ0n) is 13.1. The van der Waals surface area contributed by atoms with Crippen LogP contribution in [-0.4, -0.2) is 39.4 Å². The van der Waals surface area contributed by atoms with E-state index < -0.39 is 0 Å². The highest BCUT2D eigenvalue weighted by atomic mass is 16.2. The molecule has 1 fully saturated rings. The summed E-state index contributed by atoms with van der Waals surface area (Å²) in [5.41, 5.74) is 2.08. The predicted octanol–water partition coefficient (Wildman–Crippen LogP) is 1.06. The van der Waals surface area contributed by atoms with Crippen molar-refractivity contribution in [3.8, 4) is 0 Å². The van der Waals surface area contributed by atoms with Crippen LogP contribution in [0.3, 0.4) is 0 Å². The second kappa shape index (κ2) is 6.74. The van der Waals surface area contributed by atoms with Gasteiger partial charge in [0.25, 0.3) is 0 Å². The third-order valence-electron chi connectivity index (χ3n) is 4.16. The van der Waals surface area contributed by atoms with Crippen molar-refractivity contribution in [2.45, 2.75) is 46.1 Å². The zero-order chi connectivity index (χ0) is 15.4. The van der Waals surface area contributed by atoms with Gasteiger partial charge in [-0.3, -0.25) is 9.59 Å². The fourth-order valence-electron chi connectivity index (χ4n) is 2.56. The monoisotopic (exact) mass is 292 g/mol. The summed E-state index contributed by atoms with van der Waals surface area (Å²) in [6.45, 7) is 5.19. The fraction of sp³-hybridized carbons (Fsp3) is 0.667. The van der Waals surface area contributed by atoms with E-state index in [4.69, 9.17) is 0 Å². The number of hydrogen-bond acceptors (Lipinski definition) is 3. The number of aryl methyl sites for hydroxylation is 1. The van der Waals surface area contributed by atoms with Gasteiger partial charge < -0.3 is 14.8 Å². The first-order chi connectivity index (χ1) is 9.99. The Morgan fingerprint density at radius 3 is 2.71 bits per heavy atom. The normalized spacial score (nSPS) is 16.0. The predicted molar refractivity (Wildman–Crippen MR) is 79.6 cm³/mol. The van der Waals surface area contributed by atoms with Crippen LogP contribution in [0.25, 0.3) is 0 Å². The summed E-state index contributed by atoms with van der Waals surface area (Å²) in [6, 6.07) is 0. The quantitative estimate of drug-likeness (QED) is 0.902. The fourth-order valence-corrected chi connectivity index (χ4v) is 2.56. The second-order valence-corrected chi connectivity index (χ2v) is 5.66. The lowest BCUT2D eigenvalue weighted by atomic mass is 10.2. The van der Waals surface area contributed by atoms with Crippen molar-refractivity contribution in [3.63, 3.8) is 0 Å². The van der Waals surface area contributed by atoms with Gasteiger partial charge in [-0.25, -0.2) is 4.98 Å². The van der Waals surface area contributed by atoms with E-state index in [2.05, 4.69) is 10.3 Å². The number of amides is 2. The topological polar surface area (TPSA) is 67.2 Å². The zero-order valence-corrected chi connectivity index (χ0v) is 13.1. The lowest BCUT2D eigenvalue weighted by Gasteiger charge is -2.19. The molecular formula is C15H24N4O2. The van der Waals surface area contributed by atoms with Crippen LogP contribution in [0.5, 0.6) is 0 Å². The Bertz CT molecular complexity index is 536. The van der Waals surface area contributed by atoms with Gasteiger partial charge in [-0.05, 0) is 26.7 Å². The Morgan fingerprint density at radius 2 is 2.05 bits per heavy atom. The molecule has 1 N–H and O–H groups in total. The molecule has 2 amide bonds. The van der Waals surface area contributed by atoms with E-state index in [-0.39, 0.29) is 18.4 Å². The summed E-state index contributed by atoms with van der Waals surface area (Å²) >= 11 is 0. The van der Waals surface area contributed by atoms with Crippen LogP contribution in [0.15, 0.2) is 0 Å². The van der Waals surface area contributed by atoms with Crippen LogP contribution in [0, 0.1) is 13.8 Å². The van der Waals surface area contributed by atoms with Crippen LogP contribution < -0.4 is 5.32 Å². The summed E-state index contributed by atoms with van der Waals surface area (Å²) in [4.78, 5) is 29.9. The van der Waals surface area contributed by atoms with Crippen molar-refractivity contribution in [2.75, 3.05) is 13.1 Å². The molecule has 116 valence electrons. The van der Waals surface area contributed by atoms with Gasteiger partial charge in [0.05, 0.1) is 18.8 Å². The third-order valence-corrected chi connectivity index (χ3v) is 4.16. The van der Waals surface area contributed by atoms with Gasteiger partial charge in [-0.2, -0.15) is 0 Å². The number of imidazole rings is 1. The second-order valence-electron chi connectivity index (χ2n) is 5.66. The lowest BCUT2D eigenvalue weighted by Crippen LogP contribution is -2.40. The van der Waals surface area contributed by atoms with Crippen molar-refractivity contribution < 1.29 is 9.59 Å². The molecule has 0 radical (unpaired) electrons. The van der Waals surface area contributed by atoms with E-state index in [1.54, 1.807) is 4.90 Å². The number of carbonyl (C=O) groups is 2. The third kappa shape index (κ3) is 3.83. The van der Waals surface area contributed by atoms with Crippen LogP contribution >= 0.6 is 0 Å². The smallest absolute Gasteiger partial charge is 0.239 e. The first-order valence-corrected chi connectivity index (χ1v) is 7.52. The Hall–Kier alpha value is -1.85. The molecule has 1 saturated heterocycles. The molecule has 0 aromatic carbocycles. The number of hydrogen-bond donors (Lipinski definition) is 1. The van der Waals surface area contributed by atoms with Crippen LogP contribution in [0.4, 0.5) is 0 Å². The number of carbonyl (C=O) groups excluding carboxylic acids is 2. The average Bonchev–Trinajstić information content (AvgIpc) is 2.61. The molecule has 1 aliphatic rings. The van der Waals surface area contributed by atoms with Crippen LogP contribution in [-0.2, 0) is 23.2 Å². The summed E-state index contributed by atoms with van der Waals surface area (Å²) < 4.78 is 1.98. The molecule has 0 atom stereocenters. The van der Waals surface area contributed by atoms with Crippen LogP contribution in [0.1, 0.15) is 42.9 Å². The number of likely N-dealkylation sites (tertiary alicyclic amines) is 1. The highest BCUT2D eigenvalue weighted by molar-refractivity contribution is 5.84. The van der Waals surface area contributed by atoms with E-state index in [1.807, 2.05) is 25.5 Å². The molecule has 1 aromatic heterocycles. The standard InChI is InChI=1S/C15H24N4O2/c1-11-12(2)18(3)13(17-11)9-16-14(20)10-19-8-6-4-5-7-15(19)21/h4-10H2,1-3H3,(H,16,20). The van der Waals surface area contributed by atoms with Gasteiger partial charge in [0.15, 0.2) is 0 Å². The van der Waals surface area contributed by atoms with Crippen molar-refractivity contribution in [1.82, 2.24) is 19.8 Å². The minimum absolute atomic E-state index is 0.0892. The maximum atomic E-state index is 12.0. The molecule has 6 nitrogen and oxygen atoms in total. The average molecular weight is 292 g/mol. The van der Waals surface area contributed by atoms with Gasteiger partial charge in [0.2, 0.25) is 11.8 Å². The molecule has 2 heterocycles. The first kappa shape index (κ1) is 15.5. The summed E-state index contributed by atoms with van der Waals surface area (Å²) in [5, 5.41) is 2.85. The van der Waals surface area contributed by atoms with Gasteiger partial charge in [0, 0.05) is 25.7 Å². The molecule has 1 aromatic rings. The summed E-state index contributed by atoms with van der Waals surface area (Å²) in [7, 11) is 1.94. The Kier molecular flexibility index (Phi) is 4.98. The molecule has 2 rings (SSSR count). The van der Waals surface area contributed by atoms with Gasteiger partial charge in [0.1, 0.15) is 5.82 Å². The van der Waals surface area contributed by atoms with Crippen molar-refractivity contribution >= 4 is 11.8 Å². The first-order valence-electron chi connectivity index (χ1n) is 7.52. The highest BCUT2D eigenvalue weighted by Crippen LogP contribution is 2.11. The van der Waals surface area contributed by atoms with Crippen molar-refractivity contribution in [1.29, 1.82) is 0 Å². The number of nitrogens with one attached hydrogen (secondary N) is 1. The SMILES string of the molecule is Cc1nc(CNC(=O)CN2CCCCCC2=O)n(C)c1C. The van der Waals surface area contributed by atoms with Gasteiger partial charge >= 0.3 is 0 Å². The molecule has 21 heavy (non-hydrogen) atoms. The van der Waals surface area contributed by atoms with E-state index in [1.165, 1.54) is 0 Å². The highest BCUT2D eigenvalue weighted by Gasteiger charge is 2.19. The molecule has 0 saturated carbocycles. The number of rotatable bonds is 4. The molecule has 0 unspecified atom stereocenters. The lowest BCUT2D eigenvalue weighted by molar-refractivity contribution is -0.135. The number of nitrogens with zero attached hydrogens (tertiary/aromatic N) is 3. The Morgan fingerprint density at radius 1 is 1.29 bits per heavy atom. The molecule has 0 bridgehead atoms. The van der Waals surface area contributed by atoms with Gasteiger partial charge in [-0.1, -0.05) is 6.42 Å². The van der Waals surface area contributed by atoms with E-state index >= 15 is 0 Å². The Labute approximate surface area is 125 Å². The Balaban J connectivity index is 1.86. The van der Waals surface area contributed by atoms with Gasteiger partial charge in [-0.15, -0.1) is 0 Å². The van der Waals surface area contributed by atoms with Crippen molar-refractivity contribution in [3.05, 3.63) is 17.2 Å². The van der Waals surface area contributed by atoms with Crippen LogP contribution in [0.2, 0.25) is 0 Å².